The molecule has 0 radical (unpaired) electrons. The highest BCUT2D eigenvalue weighted by Gasteiger charge is 2.30. The molecule has 1 saturated heterocycles. The molecule has 1 aliphatic rings. The smallest absolute Gasteiger partial charge is 0.0165 e. The molecule has 1 fully saturated rings. The lowest BCUT2D eigenvalue weighted by atomic mass is 9.87. The second kappa shape index (κ2) is 3.55. The third-order valence-corrected chi connectivity index (χ3v) is 2.71. The van der Waals surface area contributed by atoms with Crippen LogP contribution in [0.25, 0.3) is 0 Å². The molecule has 0 aromatic carbocycles. The Balaban J connectivity index is 2.41. The Bertz CT molecular complexity index is 115. The first-order chi connectivity index (χ1) is 5.17. The van der Waals surface area contributed by atoms with Crippen molar-refractivity contribution < 1.29 is 0 Å². The summed E-state index contributed by atoms with van der Waals surface area (Å²) in [5, 5.41) is 6.92. The molecule has 1 heterocycles. The maximum atomic E-state index is 3.52. The van der Waals surface area contributed by atoms with Gasteiger partial charge in [-0.3, -0.25) is 0 Å². The van der Waals surface area contributed by atoms with Crippen molar-refractivity contribution in [1.82, 2.24) is 10.6 Å². The predicted molar refractivity (Wildman–Crippen MR) is 48.7 cm³/mol. The minimum absolute atomic E-state index is 0.318. The van der Waals surface area contributed by atoms with Crippen LogP contribution < -0.4 is 10.6 Å². The summed E-state index contributed by atoms with van der Waals surface area (Å²) in [7, 11) is 0. The van der Waals surface area contributed by atoms with E-state index in [1.54, 1.807) is 0 Å². The molecule has 0 bridgehead atoms. The van der Waals surface area contributed by atoms with E-state index in [0.717, 1.165) is 12.5 Å². The van der Waals surface area contributed by atoms with Gasteiger partial charge in [-0.25, -0.2) is 0 Å². The van der Waals surface area contributed by atoms with Gasteiger partial charge in [0.25, 0.3) is 0 Å². The van der Waals surface area contributed by atoms with Crippen LogP contribution in [0.2, 0.25) is 0 Å². The molecule has 0 aromatic rings. The van der Waals surface area contributed by atoms with Crippen molar-refractivity contribution >= 4 is 0 Å². The van der Waals surface area contributed by atoms with E-state index in [-0.39, 0.29) is 0 Å². The Labute approximate surface area is 69.8 Å². The highest BCUT2D eigenvalue weighted by Crippen LogP contribution is 2.22. The van der Waals surface area contributed by atoms with Crippen molar-refractivity contribution in [1.29, 1.82) is 0 Å². The molecule has 2 heteroatoms. The van der Waals surface area contributed by atoms with E-state index in [1.807, 2.05) is 0 Å². The van der Waals surface area contributed by atoms with Crippen molar-refractivity contribution in [3.05, 3.63) is 0 Å². The molecule has 0 saturated carbocycles. The molecule has 66 valence electrons. The monoisotopic (exact) mass is 156 g/mol. The number of hydrogen-bond donors (Lipinski definition) is 2. The quantitative estimate of drug-likeness (QED) is 0.636. The number of nitrogens with one attached hydrogen (secondary N) is 2. The first kappa shape index (κ1) is 9.01. The van der Waals surface area contributed by atoms with Gasteiger partial charge in [-0.1, -0.05) is 6.92 Å². The molecule has 1 rings (SSSR count). The molecule has 1 atom stereocenters. The molecule has 11 heavy (non-hydrogen) atoms. The summed E-state index contributed by atoms with van der Waals surface area (Å²) in [5.74, 6) is 0.808. The van der Waals surface area contributed by atoms with E-state index in [4.69, 9.17) is 0 Å². The van der Waals surface area contributed by atoms with Gasteiger partial charge in [0.2, 0.25) is 0 Å². The van der Waals surface area contributed by atoms with Gasteiger partial charge in [0.1, 0.15) is 0 Å². The maximum Gasteiger partial charge on any atom is 0.0165 e. The zero-order valence-electron chi connectivity index (χ0n) is 7.91. The number of hydrogen-bond acceptors (Lipinski definition) is 2. The Morgan fingerprint density at radius 3 is 2.73 bits per heavy atom. The van der Waals surface area contributed by atoms with Crippen molar-refractivity contribution in [2.45, 2.75) is 32.7 Å². The molecular weight excluding hydrogens is 136 g/mol. The van der Waals surface area contributed by atoms with Crippen molar-refractivity contribution in [3.8, 4) is 0 Å². The van der Waals surface area contributed by atoms with Crippen LogP contribution in [0.3, 0.4) is 0 Å². The molecule has 0 amide bonds. The third kappa shape index (κ3) is 2.17. The SMILES string of the molecule is CCNC(C)(C)C1CCNC1. The Hall–Kier alpha value is -0.0800. The Morgan fingerprint density at radius 2 is 2.27 bits per heavy atom. The fraction of sp³-hybridized carbons (Fsp3) is 1.00. The van der Waals surface area contributed by atoms with E-state index in [1.165, 1.54) is 19.5 Å². The lowest BCUT2D eigenvalue weighted by Crippen LogP contribution is -2.46. The fourth-order valence-corrected chi connectivity index (χ4v) is 1.87. The van der Waals surface area contributed by atoms with Gasteiger partial charge in [0.15, 0.2) is 0 Å². The van der Waals surface area contributed by atoms with Crippen LogP contribution in [0.4, 0.5) is 0 Å². The van der Waals surface area contributed by atoms with Gasteiger partial charge >= 0.3 is 0 Å². The highest BCUT2D eigenvalue weighted by atomic mass is 15.0. The second-order valence-corrected chi connectivity index (χ2v) is 3.94. The number of rotatable bonds is 3. The molecule has 2 nitrogen and oxygen atoms in total. The summed E-state index contributed by atoms with van der Waals surface area (Å²) in [6.07, 6.45) is 1.32. The van der Waals surface area contributed by atoms with Crippen molar-refractivity contribution in [3.63, 3.8) is 0 Å². The maximum absolute atomic E-state index is 3.52. The standard InChI is InChI=1S/C9H20N2/c1-4-11-9(2,3)8-5-6-10-7-8/h8,10-11H,4-7H2,1-3H3. The minimum atomic E-state index is 0.318. The lowest BCUT2D eigenvalue weighted by molar-refractivity contribution is 0.275. The van der Waals surface area contributed by atoms with Crippen LogP contribution >= 0.6 is 0 Å². The van der Waals surface area contributed by atoms with Gasteiger partial charge in [-0.15, -0.1) is 0 Å². The van der Waals surface area contributed by atoms with Gasteiger partial charge < -0.3 is 10.6 Å². The van der Waals surface area contributed by atoms with Crippen molar-refractivity contribution in [2.24, 2.45) is 5.92 Å². The van der Waals surface area contributed by atoms with E-state index >= 15 is 0 Å². The topological polar surface area (TPSA) is 24.1 Å². The van der Waals surface area contributed by atoms with Crippen molar-refractivity contribution in [2.75, 3.05) is 19.6 Å². The molecule has 0 spiro atoms. The third-order valence-electron chi connectivity index (χ3n) is 2.71. The fourth-order valence-electron chi connectivity index (χ4n) is 1.87. The molecule has 1 unspecified atom stereocenters. The average molecular weight is 156 g/mol. The van der Waals surface area contributed by atoms with Crippen LogP contribution in [-0.2, 0) is 0 Å². The van der Waals surface area contributed by atoms with Crippen LogP contribution in [-0.4, -0.2) is 25.2 Å². The zero-order valence-corrected chi connectivity index (χ0v) is 7.91. The normalized spacial score (nSPS) is 25.9. The molecule has 0 aliphatic carbocycles. The second-order valence-electron chi connectivity index (χ2n) is 3.94. The van der Waals surface area contributed by atoms with Gasteiger partial charge in [-0.05, 0) is 45.8 Å². The zero-order chi connectivity index (χ0) is 8.32. The average Bonchev–Trinajstić information content (AvgIpc) is 2.37. The summed E-state index contributed by atoms with van der Waals surface area (Å²) in [5.41, 5.74) is 0.318. The Morgan fingerprint density at radius 1 is 1.55 bits per heavy atom. The first-order valence-electron chi connectivity index (χ1n) is 4.62. The first-order valence-corrected chi connectivity index (χ1v) is 4.62. The summed E-state index contributed by atoms with van der Waals surface area (Å²) in [6, 6.07) is 0. The molecule has 0 aromatic heterocycles. The van der Waals surface area contributed by atoms with Gasteiger partial charge in [-0.2, -0.15) is 0 Å². The van der Waals surface area contributed by atoms with Crippen LogP contribution in [0.1, 0.15) is 27.2 Å². The Kier molecular flexibility index (Phi) is 2.90. The van der Waals surface area contributed by atoms with E-state index < -0.39 is 0 Å². The van der Waals surface area contributed by atoms with Crippen LogP contribution in [0.5, 0.6) is 0 Å². The predicted octanol–water partition coefficient (Wildman–Crippen LogP) is 0.984. The summed E-state index contributed by atoms with van der Waals surface area (Å²) in [6.45, 7) is 10.2. The van der Waals surface area contributed by atoms with Crippen LogP contribution in [0, 0.1) is 5.92 Å². The highest BCUT2D eigenvalue weighted by molar-refractivity contribution is 4.90. The van der Waals surface area contributed by atoms with Crippen LogP contribution in [0.15, 0.2) is 0 Å². The van der Waals surface area contributed by atoms with Gasteiger partial charge in [0.05, 0.1) is 0 Å². The summed E-state index contributed by atoms with van der Waals surface area (Å²) in [4.78, 5) is 0. The minimum Gasteiger partial charge on any atom is -0.316 e. The largest absolute Gasteiger partial charge is 0.316 e. The van der Waals surface area contributed by atoms with E-state index in [9.17, 15) is 0 Å². The molecule has 1 aliphatic heterocycles. The summed E-state index contributed by atoms with van der Waals surface area (Å²) < 4.78 is 0. The van der Waals surface area contributed by atoms with Gasteiger partial charge in [0, 0.05) is 5.54 Å². The summed E-state index contributed by atoms with van der Waals surface area (Å²) >= 11 is 0. The lowest BCUT2D eigenvalue weighted by Gasteiger charge is -2.32. The van der Waals surface area contributed by atoms with E-state index in [0.29, 0.717) is 5.54 Å². The molecule has 2 N–H and O–H groups in total. The molecular formula is C9H20N2. The van der Waals surface area contributed by atoms with E-state index in [2.05, 4.69) is 31.4 Å².